The number of thiophene rings is 1. The lowest BCUT2D eigenvalue weighted by Crippen LogP contribution is -2.43. The zero-order valence-electron chi connectivity index (χ0n) is 15.7. The monoisotopic (exact) mass is 387 g/mol. The topological polar surface area (TPSA) is 82.3 Å². The fourth-order valence-corrected chi connectivity index (χ4v) is 4.36. The molecule has 0 fully saturated rings. The summed E-state index contributed by atoms with van der Waals surface area (Å²) in [6.45, 7) is 7.31. The van der Waals surface area contributed by atoms with E-state index in [0.717, 1.165) is 15.0 Å². The second-order valence-corrected chi connectivity index (χ2v) is 7.37. The van der Waals surface area contributed by atoms with Crippen molar-refractivity contribution < 1.29 is 9.53 Å². The Bertz CT molecular complexity index is 1090. The highest BCUT2D eigenvalue weighted by Crippen LogP contribution is 2.42. The van der Waals surface area contributed by atoms with E-state index in [1.165, 1.54) is 29.0 Å². The number of hydrogen-bond acceptors (Lipinski definition) is 6. The average Bonchev–Trinajstić information content (AvgIpc) is 3.07. The third-order valence-corrected chi connectivity index (χ3v) is 5.79. The van der Waals surface area contributed by atoms with E-state index in [-0.39, 0.29) is 6.61 Å². The molecule has 27 heavy (non-hydrogen) atoms. The molecule has 2 aromatic heterocycles. The SMILES string of the molecule is C=CCOC(=O)C1=C(C)Nc2c(c(=O)n(C)c(=O)n2C)[C@H]1c1sccc1C. The van der Waals surface area contributed by atoms with Crippen LogP contribution in [0, 0.1) is 6.92 Å². The van der Waals surface area contributed by atoms with Gasteiger partial charge in [0.25, 0.3) is 5.56 Å². The number of carbonyl (C=O) groups excluding carboxylic acids is 1. The Balaban J connectivity index is 2.35. The first-order valence-electron chi connectivity index (χ1n) is 8.39. The molecule has 8 heteroatoms. The minimum atomic E-state index is -0.607. The number of aryl methyl sites for hydroxylation is 1. The lowest BCUT2D eigenvalue weighted by atomic mass is 9.85. The first-order chi connectivity index (χ1) is 12.8. The van der Waals surface area contributed by atoms with Gasteiger partial charge in [-0.1, -0.05) is 12.7 Å². The number of anilines is 1. The van der Waals surface area contributed by atoms with Gasteiger partial charge in [0.05, 0.1) is 17.1 Å². The number of hydrogen-bond donors (Lipinski definition) is 1. The van der Waals surface area contributed by atoms with Gasteiger partial charge in [0.1, 0.15) is 12.4 Å². The second kappa shape index (κ2) is 7.03. The number of aromatic nitrogens is 2. The number of rotatable bonds is 4. The zero-order valence-corrected chi connectivity index (χ0v) is 16.5. The van der Waals surface area contributed by atoms with Crippen LogP contribution in [0.15, 0.2) is 45.0 Å². The number of fused-ring (bicyclic) bond motifs is 1. The van der Waals surface area contributed by atoms with Gasteiger partial charge in [0, 0.05) is 24.7 Å². The van der Waals surface area contributed by atoms with Crippen molar-refractivity contribution >= 4 is 23.1 Å². The standard InChI is InChI=1S/C19H21N3O4S/c1-6-8-26-18(24)12-11(3)20-16-14(13(12)15-10(2)7-9-27-15)17(23)22(5)19(25)21(16)4/h6-7,9,13,20H,1,8H2,2-5H3/t13-/m0/s1. The molecule has 0 spiro atoms. The molecule has 0 bridgehead atoms. The molecule has 1 atom stereocenters. The summed E-state index contributed by atoms with van der Waals surface area (Å²) in [6.07, 6.45) is 1.49. The van der Waals surface area contributed by atoms with E-state index in [2.05, 4.69) is 11.9 Å². The van der Waals surface area contributed by atoms with Gasteiger partial charge in [-0.25, -0.2) is 9.59 Å². The predicted molar refractivity (Wildman–Crippen MR) is 105 cm³/mol. The number of esters is 1. The van der Waals surface area contributed by atoms with Crippen LogP contribution in [0.4, 0.5) is 5.82 Å². The summed E-state index contributed by atoms with van der Waals surface area (Å²) in [5.74, 6) is -0.720. The van der Waals surface area contributed by atoms with Gasteiger partial charge in [-0.15, -0.1) is 11.3 Å². The molecule has 3 rings (SSSR count). The Morgan fingerprint density at radius 2 is 2.04 bits per heavy atom. The number of carbonyl (C=O) groups is 1. The molecule has 0 amide bonds. The number of allylic oxidation sites excluding steroid dienone is 1. The van der Waals surface area contributed by atoms with E-state index < -0.39 is 23.1 Å². The van der Waals surface area contributed by atoms with Crippen LogP contribution in [0.2, 0.25) is 0 Å². The van der Waals surface area contributed by atoms with Crippen molar-refractivity contribution in [2.24, 2.45) is 14.1 Å². The number of nitrogens with zero attached hydrogens (tertiary/aromatic N) is 2. The fraction of sp³-hybridized carbons (Fsp3) is 0.316. The van der Waals surface area contributed by atoms with E-state index in [0.29, 0.717) is 22.7 Å². The van der Waals surface area contributed by atoms with Crippen molar-refractivity contribution in [3.63, 3.8) is 0 Å². The third-order valence-electron chi connectivity index (χ3n) is 4.70. The number of nitrogens with one attached hydrogen (secondary N) is 1. The molecule has 0 saturated carbocycles. The summed E-state index contributed by atoms with van der Waals surface area (Å²) >= 11 is 1.47. The molecule has 0 aromatic carbocycles. The van der Waals surface area contributed by atoms with Gasteiger partial charge < -0.3 is 10.1 Å². The summed E-state index contributed by atoms with van der Waals surface area (Å²) in [6, 6.07) is 1.94. The molecule has 1 aliphatic rings. The van der Waals surface area contributed by atoms with E-state index in [4.69, 9.17) is 4.74 Å². The number of ether oxygens (including phenoxy) is 1. The Morgan fingerprint density at radius 1 is 1.33 bits per heavy atom. The molecule has 0 unspecified atom stereocenters. The van der Waals surface area contributed by atoms with Gasteiger partial charge in [-0.2, -0.15) is 0 Å². The highest BCUT2D eigenvalue weighted by Gasteiger charge is 2.38. The van der Waals surface area contributed by atoms with E-state index in [1.807, 2.05) is 18.4 Å². The van der Waals surface area contributed by atoms with Crippen LogP contribution in [0.5, 0.6) is 0 Å². The smallest absolute Gasteiger partial charge is 0.337 e. The van der Waals surface area contributed by atoms with Crippen molar-refractivity contribution in [3.05, 3.63) is 72.2 Å². The minimum Gasteiger partial charge on any atom is -0.458 e. The highest BCUT2D eigenvalue weighted by atomic mass is 32.1. The second-order valence-electron chi connectivity index (χ2n) is 6.42. The van der Waals surface area contributed by atoms with Crippen molar-refractivity contribution in [2.75, 3.05) is 11.9 Å². The fourth-order valence-electron chi connectivity index (χ4n) is 3.31. The van der Waals surface area contributed by atoms with Crippen LogP contribution in [-0.2, 0) is 23.6 Å². The van der Waals surface area contributed by atoms with Crippen LogP contribution < -0.4 is 16.6 Å². The van der Waals surface area contributed by atoms with Crippen LogP contribution in [-0.4, -0.2) is 21.7 Å². The molecular weight excluding hydrogens is 366 g/mol. The van der Waals surface area contributed by atoms with Gasteiger partial charge in [-0.05, 0) is 30.9 Å². The van der Waals surface area contributed by atoms with Gasteiger partial charge in [-0.3, -0.25) is 13.9 Å². The summed E-state index contributed by atoms with van der Waals surface area (Å²) in [4.78, 5) is 39.0. The van der Waals surface area contributed by atoms with Crippen molar-refractivity contribution in [1.82, 2.24) is 9.13 Å². The summed E-state index contributed by atoms with van der Waals surface area (Å²) in [5.41, 5.74) is 1.39. The Hall–Kier alpha value is -2.87. The first kappa shape index (κ1) is 18.9. The lowest BCUT2D eigenvalue weighted by Gasteiger charge is -2.30. The largest absolute Gasteiger partial charge is 0.458 e. The lowest BCUT2D eigenvalue weighted by molar-refractivity contribution is -0.138. The molecule has 1 aliphatic heterocycles. The highest BCUT2D eigenvalue weighted by molar-refractivity contribution is 7.10. The zero-order chi connectivity index (χ0) is 19.9. The Kier molecular flexibility index (Phi) is 4.93. The Morgan fingerprint density at radius 3 is 2.63 bits per heavy atom. The Labute approximate surface area is 160 Å². The van der Waals surface area contributed by atoms with E-state index in [1.54, 1.807) is 14.0 Å². The molecule has 7 nitrogen and oxygen atoms in total. The van der Waals surface area contributed by atoms with Gasteiger partial charge in [0.2, 0.25) is 0 Å². The molecule has 1 N–H and O–H groups in total. The molecule has 0 saturated heterocycles. The van der Waals surface area contributed by atoms with Crippen molar-refractivity contribution in [3.8, 4) is 0 Å². The molecule has 3 heterocycles. The summed E-state index contributed by atoms with van der Waals surface area (Å²) in [7, 11) is 3.03. The van der Waals surface area contributed by atoms with Crippen molar-refractivity contribution in [2.45, 2.75) is 19.8 Å². The molecule has 142 valence electrons. The van der Waals surface area contributed by atoms with E-state index >= 15 is 0 Å². The molecule has 0 radical (unpaired) electrons. The maximum absolute atomic E-state index is 13.0. The maximum atomic E-state index is 13.0. The quantitative estimate of drug-likeness (QED) is 0.641. The predicted octanol–water partition coefficient (Wildman–Crippen LogP) is 2.01. The van der Waals surface area contributed by atoms with Crippen molar-refractivity contribution in [1.29, 1.82) is 0 Å². The maximum Gasteiger partial charge on any atom is 0.337 e. The van der Waals surface area contributed by atoms with Gasteiger partial charge in [0.15, 0.2) is 0 Å². The minimum absolute atomic E-state index is 0.0733. The van der Waals surface area contributed by atoms with Crippen LogP contribution in [0.1, 0.15) is 28.8 Å². The normalized spacial score (nSPS) is 15.9. The van der Waals surface area contributed by atoms with Gasteiger partial charge >= 0.3 is 11.7 Å². The summed E-state index contributed by atoms with van der Waals surface area (Å²) < 4.78 is 7.73. The molecular formula is C19H21N3O4S. The molecule has 0 aliphatic carbocycles. The first-order valence-corrected chi connectivity index (χ1v) is 9.27. The van der Waals surface area contributed by atoms with Crippen LogP contribution >= 0.6 is 11.3 Å². The van der Waals surface area contributed by atoms with Crippen LogP contribution in [0.25, 0.3) is 0 Å². The third kappa shape index (κ3) is 2.95. The van der Waals surface area contributed by atoms with Crippen LogP contribution in [0.3, 0.4) is 0 Å². The summed E-state index contributed by atoms with van der Waals surface area (Å²) in [5, 5.41) is 4.98. The van der Waals surface area contributed by atoms with E-state index in [9.17, 15) is 14.4 Å². The average molecular weight is 387 g/mol. The molecule has 2 aromatic rings.